The molecule has 1 aromatic carbocycles. The Labute approximate surface area is 143 Å². The molecule has 24 heavy (non-hydrogen) atoms. The van der Waals surface area contributed by atoms with E-state index in [4.69, 9.17) is 5.11 Å². The Morgan fingerprint density at radius 1 is 1.08 bits per heavy atom. The highest BCUT2D eigenvalue weighted by Gasteiger charge is 2.15. The molecule has 0 heterocycles. The van der Waals surface area contributed by atoms with Crippen LogP contribution in [0.1, 0.15) is 0 Å². The molecule has 0 aromatic heterocycles. The molecular formula is C14H27N2O7S+. The second kappa shape index (κ2) is 10.8. The first-order valence-electron chi connectivity index (χ1n) is 6.65. The van der Waals surface area contributed by atoms with Crippen LogP contribution in [0.3, 0.4) is 0 Å². The molecule has 0 aliphatic rings. The van der Waals surface area contributed by atoms with Crippen LogP contribution in [-0.4, -0.2) is 79.1 Å². The lowest BCUT2D eigenvalue weighted by atomic mass is 10.2. The maximum atomic E-state index is 9.92. The fraction of sp³-hybridized carbons (Fsp3) is 0.500. The molecule has 0 spiro atoms. The maximum absolute atomic E-state index is 9.92. The van der Waals surface area contributed by atoms with Gasteiger partial charge in [0.15, 0.2) is 11.4 Å². The summed E-state index contributed by atoms with van der Waals surface area (Å²) < 4.78 is 28.2. The van der Waals surface area contributed by atoms with Crippen LogP contribution >= 0.6 is 0 Å². The Morgan fingerprint density at radius 2 is 1.46 bits per heavy atom. The number of carbonyl (C=O) groups is 1. The number of hydrogen-bond acceptors (Lipinski definition) is 6. The van der Waals surface area contributed by atoms with Crippen molar-refractivity contribution in [3.63, 3.8) is 0 Å². The molecule has 1 amide bonds. The molecule has 0 saturated heterocycles. The predicted molar refractivity (Wildman–Crippen MR) is 92.3 cm³/mol. The Kier molecular flexibility index (Phi) is 11.0. The van der Waals surface area contributed by atoms with Crippen LogP contribution in [0.2, 0.25) is 0 Å². The first kappa shape index (κ1) is 24.4. The van der Waals surface area contributed by atoms with E-state index in [9.17, 15) is 18.3 Å². The van der Waals surface area contributed by atoms with E-state index in [2.05, 4.69) is 8.37 Å². The number of hydrogen-bond donors (Lipinski definition) is 2. The molecule has 10 heteroatoms. The lowest BCUT2D eigenvalue weighted by molar-refractivity contribution is 0.165. The zero-order chi connectivity index (χ0) is 19.6. The van der Waals surface area contributed by atoms with Gasteiger partial charge in [-0.3, -0.25) is 12.8 Å². The first-order valence-corrected chi connectivity index (χ1v) is 7.98. The van der Waals surface area contributed by atoms with Gasteiger partial charge in [-0.1, -0.05) is 12.1 Å². The van der Waals surface area contributed by atoms with Gasteiger partial charge in [0.25, 0.3) is 0 Å². The summed E-state index contributed by atoms with van der Waals surface area (Å²) in [5.41, 5.74) is 0.938. The summed E-state index contributed by atoms with van der Waals surface area (Å²) in [5, 5.41) is 17.3. The van der Waals surface area contributed by atoms with Crippen molar-refractivity contribution in [2.45, 2.75) is 0 Å². The van der Waals surface area contributed by atoms with Gasteiger partial charge >= 0.3 is 16.5 Å². The highest BCUT2D eigenvalue weighted by atomic mass is 32.3. The second-order valence-electron chi connectivity index (χ2n) is 5.42. The van der Waals surface area contributed by atoms with Crippen molar-refractivity contribution in [1.82, 2.24) is 9.38 Å². The van der Waals surface area contributed by atoms with Crippen LogP contribution in [-0.2, 0) is 18.8 Å². The number of phenolic OH excluding ortho intramolecular Hbond substituents is 1. The van der Waals surface area contributed by atoms with Crippen molar-refractivity contribution < 1.29 is 31.8 Å². The maximum Gasteiger partial charge on any atom is 0.406 e. The molecule has 0 aliphatic carbocycles. The van der Waals surface area contributed by atoms with Gasteiger partial charge in [-0.05, 0) is 6.07 Å². The molecule has 2 N–H and O–H groups in total. The molecule has 0 bridgehead atoms. The highest BCUT2D eigenvalue weighted by Crippen LogP contribution is 2.27. The molecule has 0 atom stereocenters. The molecule has 9 nitrogen and oxygen atoms in total. The van der Waals surface area contributed by atoms with Crippen LogP contribution in [0.5, 0.6) is 5.75 Å². The van der Waals surface area contributed by atoms with Gasteiger partial charge in [0.2, 0.25) is 0 Å². The summed E-state index contributed by atoms with van der Waals surface area (Å²) in [6, 6.07) is 7.39. The average molecular weight is 367 g/mol. The summed E-state index contributed by atoms with van der Waals surface area (Å²) in [6.07, 6.45) is -0.907. The monoisotopic (exact) mass is 367 g/mol. The minimum absolute atomic E-state index is 0.361. The van der Waals surface area contributed by atoms with Crippen LogP contribution in [0.4, 0.5) is 10.5 Å². The van der Waals surface area contributed by atoms with E-state index in [0.717, 1.165) is 24.8 Å². The lowest BCUT2D eigenvalue weighted by Crippen LogP contribution is -2.34. The van der Waals surface area contributed by atoms with E-state index in [0.29, 0.717) is 10.2 Å². The largest absolute Gasteiger partial charge is 0.503 e. The quantitative estimate of drug-likeness (QED) is 0.775. The molecule has 0 aliphatic heterocycles. The third-order valence-electron chi connectivity index (χ3n) is 2.40. The van der Waals surface area contributed by atoms with Gasteiger partial charge in [0.1, 0.15) is 0 Å². The number of rotatable bonds is 3. The molecule has 0 unspecified atom stereocenters. The highest BCUT2D eigenvalue weighted by molar-refractivity contribution is 7.81. The fourth-order valence-corrected chi connectivity index (χ4v) is 1.24. The number of aromatic hydroxyl groups is 1. The number of carboxylic acid groups (broad SMARTS) is 1. The van der Waals surface area contributed by atoms with Crippen molar-refractivity contribution >= 4 is 22.2 Å². The standard InChI is InChI=1S/C9H13NO.C3H7NO2.C2H6O4S/c1-10(2,3)8-6-4-5-7-9(8)11;1-4(2)3(5)6;1-5-7(3,4)6-2/h4-7H,1-3H3;1-2H3,(H,5,6);1-2H3/p+1. The fourth-order valence-electron chi connectivity index (χ4n) is 1.10. The van der Waals surface area contributed by atoms with Crippen LogP contribution in [0, 0.1) is 0 Å². The van der Waals surface area contributed by atoms with Crippen LogP contribution in [0.15, 0.2) is 24.3 Å². The second-order valence-corrected chi connectivity index (χ2v) is 6.90. The predicted octanol–water partition coefficient (Wildman–Crippen LogP) is 1.34. The van der Waals surface area contributed by atoms with Crippen molar-refractivity contribution in [1.29, 1.82) is 0 Å². The summed E-state index contributed by atoms with van der Waals surface area (Å²) in [5.74, 6) is 0.361. The number of amides is 1. The number of para-hydroxylation sites is 2. The van der Waals surface area contributed by atoms with Crippen molar-refractivity contribution in [2.24, 2.45) is 0 Å². The molecule has 1 rings (SSSR count). The minimum Gasteiger partial charge on any atom is -0.503 e. The summed E-state index contributed by atoms with van der Waals surface area (Å²) in [4.78, 5) is 10.7. The number of nitrogens with zero attached hydrogens (tertiary/aromatic N) is 2. The summed E-state index contributed by atoms with van der Waals surface area (Å²) in [6.45, 7) is 0. The van der Waals surface area contributed by atoms with E-state index >= 15 is 0 Å². The number of benzene rings is 1. The Bertz CT molecular complexity index is 585. The van der Waals surface area contributed by atoms with E-state index in [1.807, 2.05) is 39.3 Å². The normalized spacial score (nSPS) is 10.6. The van der Waals surface area contributed by atoms with Gasteiger partial charge < -0.3 is 15.1 Å². The Hall–Kier alpha value is -1.88. The molecule has 140 valence electrons. The SMILES string of the molecule is CN(C)C(=O)O.COS(=O)(=O)OC.C[N+](C)(C)c1ccccc1O. The third-order valence-corrected chi connectivity index (χ3v) is 3.21. The third kappa shape index (κ3) is 11.7. The molecule has 0 saturated carbocycles. The lowest BCUT2D eigenvalue weighted by Gasteiger charge is -2.23. The van der Waals surface area contributed by atoms with Gasteiger partial charge in [-0.2, -0.15) is 8.42 Å². The van der Waals surface area contributed by atoms with E-state index in [-0.39, 0.29) is 0 Å². The topological polar surface area (TPSA) is 113 Å². The number of quaternary nitrogens is 1. The molecular weight excluding hydrogens is 340 g/mol. The Morgan fingerprint density at radius 3 is 1.62 bits per heavy atom. The molecule has 0 radical (unpaired) electrons. The zero-order valence-corrected chi connectivity index (χ0v) is 15.9. The zero-order valence-electron chi connectivity index (χ0n) is 15.0. The summed E-state index contributed by atoms with van der Waals surface area (Å²) in [7, 11) is 7.41. The van der Waals surface area contributed by atoms with Crippen molar-refractivity contribution in [3.05, 3.63) is 24.3 Å². The van der Waals surface area contributed by atoms with E-state index < -0.39 is 16.5 Å². The first-order chi connectivity index (χ1) is 10.8. The Balaban J connectivity index is 0. The van der Waals surface area contributed by atoms with E-state index in [1.54, 1.807) is 6.07 Å². The van der Waals surface area contributed by atoms with Gasteiger partial charge in [0, 0.05) is 20.2 Å². The van der Waals surface area contributed by atoms with Crippen LogP contribution < -0.4 is 4.48 Å². The minimum atomic E-state index is -3.66. The van der Waals surface area contributed by atoms with Gasteiger partial charge in [0.05, 0.1) is 35.4 Å². The van der Waals surface area contributed by atoms with Crippen molar-refractivity contribution in [3.8, 4) is 5.75 Å². The average Bonchev–Trinajstić information content (AvgIpc) is 2.47. The van der Waals surface area contributed by atoms with Crippen molar-refractivity contribution in [2.75, 3.05) is 49.5 Å². The van der Waals surface area contributed by atoms with Gasteiger partial charge in [-0.15, -0.1) is 0 Å². The van der Waals surface area contributed by atoms with E-state index in [1.165, 1.54) is 14.1 Å². The molecule has 0 fully saturated rings. The molecule has 1 aromatic rings. The summed E-state index contributed by atoms with van der Waals surface area (Å²) >= 11 is 0. The smallest absolute Gasteiger partial charge is 0.406 e. The number of phenols is 1. The van der Waals surface area contributed by atoms with Gasteiger partial charge in [-0.25, -0.2) is 4.79 Å². The van der Waals surface area contributed by atoms with Crippen LogP contribution in [0.25, 0.3) is 0 Å².